The molecule has 0 atom stereocenters. The highest BCUT2D eigenvalue weighted by atomic mass is 32.1. The number of amides is 1. The number of carbonyl (C=O) groups is 2. The van der Waals surface area contributed by atoms with Crippen molar-refractivity contribution in [2.45, 2.75) is 26.8 Å². The second-order valence-electron chi connectivity index (χ2n) is 5.70. The fourth-order valence-corrected chi connectivity index (χ4v) is 3.65. The van der Waals surface area contributed by atoms with Crippen LogP contribution < -0.4 is 4.80 Å². The maximum absolute atomic E-state index is 13.5. The topological polar surface area (TPSA) is 51.4 Å². The fraction of sp³-hybridized carbons (Fsp3) is 0.211. The number of rotatable bonds is 4. The van der Waals surface area contributed by atoms with Gasteiger partial charge in [-0.25, -0.2) is 4.39 Å². The third-order valence-electron chi connectivity index (χ3n) is 3.83. The first-order valence-electron chi connectivity index (χ1n) is 7.98. The summed E-state index contributed by atoms with van der Waals surface area (Å²) in [7, 11) is 0. The zero-order valence-corrected chi connectivity index (χ0v) is 14.8. The quantitative estimate of drug-likeness (QED) is 0.658. The summed E-state index contributed by atoms with van der Waals surface area (Å²) in [5.41, 5.74) is 1.83. The van der Waals surface area contributed by atoms with E-state index in [0.717, 1.165) is 16.6 Å². The minimum Gasteiger partial charge on any atom is -0.316 e. The SMILES string of the molecule is CCCn1c(=NC(=O)c2ccc(C(C)=O)cc2)sc2cc(F)ccc21. The summed E-state index contributed by atoms with van der Waals surface area (Å²) in [6, 6.07) is 11.0. The summed E-state index contributed by atoms with van der Waals surface area (Å²) in [4.78, 5) is 28.6. The molecule has 3 rings (SSSR count). The Morgan fingerprint density at radius 3 is 2.44 bits per heavy atom. The Balaban J connectivity index is 2.06. The van der Waals surface area contributed by atoms with Gasteiger partial charge in [-0.1, -0.05) is 30.4 Å². The molecule has 25 heavy (non-hydrogen) atoms. The molecule has 0 N–H and O–H groups in total. The molecule has 0 aliphatic rings. The van der Waals surface area contributed by atoms with Crippen molar-refractivity contribution in [1.29, 1.82) is 0 Å². The van der Waals surface area contributed by atoms with E-state index in [9.17, 15) is 14.0 Å². The fourth-order valence-electron chi connectivity index (χ4n) is 2.57. The third-order valence-corrected chi connectivity index (χ3v) is 4.87. The van der Waals surface area contributed by atoms with E-state index in [-0.39, 0.29) is 17.5 Å². The third kappa shape index (κ3) is 3.58. The molecule has 1 amide bonds. The van der Waals surface area contributed by atoms with Gasteiger partial charge in [0.15, 0.2) is 10.6 Å². The standard InChI is InChI=1S/C19H17FN2O2S/c1-3-10-22-16-9-8-15(20)11-17(16)25-19(22)21-18(24)14-6-4-13(5-7-14)12(2)23/h4-9,11H,3,10H2,1-2H3. The highest BCUT2D eigenvalue weighted by molar-refractivity contribution is 7.16. The molecule has 0 saturated heterocycles. The van der Waals surface area contributed by atoms with E-state index in [0.29, 0.717) is 22.5 Å². The first-order chi connectivity index (χ1) is 12.0. The van der Waals surface area contributed by atoms with Gasteiger partial charge in [0.2, 0.25) is 0 Å². The highest BCUT2D eigenvalue weighted by Crippen LogP contribution is 2.19. The maximum Gasteiger partial charge on any atom is 0.279 e. The molecule has 4 nitrogen and oxygen atoms in total. The lowest BCUT2D eigenvalue weighted by Gasteiger charge is -2.02. The summed E-state index contributed by atoms with van der Waals surface area (Å²) < 4.78 is 16.2. The van der Waals surface area contributed by atoms with Crippen LogP contribution in [-0.2, 0) is 6.54 Å². The minimum absolute atomic E-state index is 0.0525. The van der Waals surface area contributed by atoms with Crippen LogP contribution >= 0.6 is 11.3 Å². The van der Waals surface area contributed by atoms with Crippen LogP contribution in [0.3, 0.4) is 0 Å². The van der Waals surface area contributed by atoms with E-state index in [2.05, 4.69) is 4.99 Å². The molecule has 3 aromatic rings. The van der Waals surface area contributed by atoms with Gasteiger partial charge in [-0.05, 0) is 43.7 Å². The van der Waals surface area contributed by atoms with Gasteiger partial charge in [-0.2, -0.15) is 4.99 Å². The number of carbonyl (C=O) groups excluding carboxylic acids is 2. The molecule has 0 aliphatic carbocycles. The van der Waals surface area contributed by atoms with Crippen molar-refractivity contribution in [1.82, 2.24) is 4.57 Å². The summed E-state index contributed by atoms with van der Waals surface area (Å²) in [6.07, 6.45) is 0.873. The Labute approximate surface area is 148 Å². The summed E-state index contributed by atoms with van der Waals surface area (Å²) in [5, 5.41) is 0. The largest absolute Gasteiger partial charge is 0.316 e. The number of nitrogens with zero attached hydrogens (tertiary/aromatic N) is 2. The minimum atomic E-state index is -0.382. The number of hydrogen-bond acceptors (Lipinski definition) is 3. The molecule has 1 aromatic heterocycles. The lowest BCUT2D eigenvalue weighted by molar-refractivity contribution is 0.0991. The average Bonchev–Trinajstić information content (AvgIpc) is 2.91. The molecule has 0 fully saturated rings. The molecule has 0 spiro atoms. The highest BCUT2D eigenvalue weighted by Gasteiger charge is 2.10. The molecule has 2 aromatic carbocycles. The summed E-state index contributed by atoms with van der Waals surface area (Å²) >= 11 is 1.29. The van der Waals surface area contributed by atoms with Crippen molar-refractivity contribution in [3.8, 4) is 0 Å². The van der Waals surface area contributed by atoms with E-state index in [1.807, 2.05) is 11.5 Å². The van der Waals surface area contributed by atoms with Gasteiger partial charge in [-0.3, -0.25) is 9.59 Å². The number of halogens is 1. The number of ketones is 1. The molecule has 0 unspecified atom stereocenters. The Kier molecular flexibility index (Phi) is 4.90. The number of hydrogen-bond donors (Lipinski definition) is 0. The second kappa shape index (κ2) is 7.11. The van der Waals surface area contributed by atoms with Crippen molar-refractivity contribution >= 4 is 33.2 Å². The van der Waals surface area contributed by atoms with Crippen molar-refractivity contribution < 1.29 is 14.0 Å². The van der Waals surface area contributed by atoms with Crippen LogP contribution in [0, 0.1) is 5.82 Å². The van der Waals surface area contributed by atoms with Gasteiger partial charge in [0.05, 0.1) is 10.2 Å². The Bertz CT molecular complexity index is 1020. The smallest absolute Gasteiger partial charge is 0.279 e. The number of thiazole rings is 1. The van der Waals surface area contributed by atoms with Crippen LogP contribution in [0.15, 0.2) is 47.5 Å². The molecule has 0 bridgehead atoms. The van der Waals surface area contributed by atoms with Crippen LogP contribution in [0.25, 0.3) is 10.2 Å². The zero-order chi connectivity index (χ0) is 18.0. The molecule has 6 heteroatoms. The Morgan fingerprint density at radius 2 is 1.80 bits per heavy atom. The number of aryl methyl sites for hydroxylation is 1. The predicted molar refractivity (Wildman–Crippen MR) is 96.4 cm³/mol. The van der Waals surface area contributed by atoms with E-state index in [1.165, 1.54) is 30.4 Å². The van der Waals surface area contributed by atoms with E-state index < -0.39 is 0 Å². The van der Waals surface area contributed by atoms with Crippen molar-refractivity contribution in [3.63, 3.8) is 0 Å². The molecular formula is C19H17FN2O2S. The van der Waals surface area contributed by atoms with Crippen molar-refractivity contribution in [3.05, 3.63) is 64.2 Å². The predicted octanol–water partition coefficient (Wildman–Crippen LogP) is 4.20. The Hall–Kier alpha value is -2.60. The van der Waals surface area contributed by atoms with Gasteiger partial charge in [0, 0.05) is 17.7 Å². The summed E-state index contributed by atoms with van der Waals surface area (Å²) in [6.45, 7) is 4.21. The van der Waals surface area contributed by atoms with Crippen LogP contribution in [0.1, 0.15) is 41.0 Å². The first kappa shape index (κ1) is 17.2. The van der Waals surface area contributed by atoms with Crippen molar-refractivity contribution in [2.24, 2.45) is 4.99 Å². The van der Waals surface area contributed by atoms with Crippen LogP contribution in [-0.4, -0.2) is 16.3 Å². The van der Waals surface area contributed by atoms with E-state index in [4.69, 9.17) is 0 Å². The zero-order valence-electron chi connectivity index (χ0n) is 14.0. The van der Waals surface area contributed by atoms with E-state index >= 15 is 0 Å². The Morgan fingerprint density at radius 1 is 1.12 bits per heavy atom. The number of aromatic nitrogens is 1. The van der Waals surface area contributed by atoms with Gasteiger partial charge in [0.25, 0.3) is 5.91 Å². The monoisotopic (exact) mass is 356 g/mol. The van der Waals surface area contributed by atoms with Crippen LogP contribution in [0.4, 0.5) is 4.39 Å². The van der Waals surface area contributed by atoms with Crippen LogP contribution in [0.2, 0.25) is 0 Å². The number of fused-ring (bicyclic) bond motifs is 1. The first-order valence-corrected chi connectivity index (χ1v) is 8.80. The normalized spacial score (nSPS) is 11.9. The number of Topliss-reactive ketones (excluding diaryl/α,β-unsaturated/α-hetero) is 1. The maximum atomic E-state index is 13.5. The van der Waals surface area contributed by atoms with Crippen LogP contribution in [0.5, 0.6) is 0 Å². The van der Waals surface area contributed by atoms with Gasteiger partial charge < -0.3 is 4.57 Å². The average molecular weight is 356 g/mol. The molecule has 128 valence electrons. The lowest BCUT2D eigenvalue weighted by Crippen LogP contribution is -2.16. The molecule has 1 heterocycles. The van der Waals surface area contributed by atoms with Gasteiger partial charge >= 0.3 is 0 Å². The van der Waals surface area contributed by atoms with Gasteiger partial charge in [0.1, 0.15) is 5.82 Å². The molecule has 0 radical (unpaired) electrons. The van der Waals surface area contributed by atoms with Crippen molar-refractivity contribution in [2.75, 3.05) is 0 Å². The second-order valence-corrected chi connectivity index (χ2v) is 6.71. The van der Waals surface area contributed by atoms with E-state index in [1.54, 1.807) is 30.3 Å². The number of benzene rings is 2. The lowest BCUT2D eigenvalue weighted by atomic mass is 10.1. The molecule has 0 aliphatic heterocycles. The summed E-state index contributed by atoms with van der Waals surface area (Å²) in [5.74, 6) is -0.745. The molecular weight excluding hydrogens is 339 g/mol. The van der Waals surface area contributed by atoms with Gasteiger partial charge in [-0.15, -0.1) is 0 Å². The molecule has 0 saturated carbocycles.